The van der Waals surface area contributed by atoms with E-state index in [2.05, 4.69) is 4.90 Å². The van der Waals surface area contributed by atoms with E-state index in [1.54, 1.807) is 0 Å². The molecule has 0 aromatic carbocycles. The van der Waals surface area contributed by atoms with Gasteiger partial charge in [-0.25, -0.2) is 0 Å². The van der Waals surface area contributed by atoms with Crippen LogP contribution in [-0.2, 0) is 4.79 Å². The Kier molecular flexibility index (Phi) is 6.36. The van der Waals surface area contributed by atoms with E-state index in [4.69, 9.17) is 5.11 Å². The molecule has 0 aromatic heterocycles. The third-order valence-electron chi connectivity index (χ3n) is 1.12. The molecule has 0 aliphatic heterocycles. The zero-order valence-corrected chi connectivity index (χ0v) is 7.86. The highest BCUT2D eigenvalue weighted by atomic mass is 32.2. The van der Waals surface area contributed by atoms with Gasteiger partial charge < -0.3 is 10.0 Å². The lowest BCUT2D eigenvalue weighted by atomic mass is 10.5. The third-order valence-corrected chi connectivity index (χ3v) is 2.15. The average Bonchev–Trinajstić information content (AvgIpc) is 1.85. The molecule has 0 fully saturated rings. The molecule has 0 spiro atoms. The minimum absolute atomic E-state index is 0.230. The molecule has 0 radical (unpaired) electrons. The maximum atomic E-state index is 10.1. The summed E-state index contributed by atoms with van der Waals surface area (Å²) in [5.74, 6) is 0.442. The van der Waals surface area contributed by atoms with E-state index in [0.29, 0.717) is 0 Å². The maximum absolute atomic E-state index is 10.1. The van der Waals surface area contributed by atoms with E-state index >= 15 is 0 Å². The minimum atomic E-state index is -0.722. The second kappa shape index (κ2) is 6.49. The van der Waals surface area contributed by atoms with Gasteiger partial charge in [-0.15, -0.1) is 0 Å². The lowest BCUT2D eigenvalue weighted by Crippen LogP contribution is -2.13. The molecule has 0 saturated heterocycles. The average molecular weight is 177 g/mol. The lowest BCUT2D eigenvalue weighted by molar-refractivity contribution is -0.133. The van der Waals surface area contributed by atoms with Crippen LogP contribution in [0, 0.1) is 0 Å². The minimum Gasteiger partial charge on any atom is -0.481 e. The van der Waals surface area contributed by atoms with E-state index in [9.17, 15) is 4.79 Å². The van der Waals surface area contributed by atoms with Crippen LogP contribution in [0.3, 0.4) is 0 Å². The summed E-state index contributed by atoms with van der Waals surface area (Å²) in [6, 6.07) is 0. The third kappa shape index (κ3) is 9.78. The number of carboxylic acids is 1. The van der Waals surface area contributed by atoms with Crippen molar-refractivity contribution in [3.05, 3.63) is 0 Å². The Morgan fingerprint density at radius 1 is 1.55 bits per heavy atom. The summed E-state index contributed by atoms with van der Waals surface area (Å²) < 4.78 is 0. The van der Waals surface area contributed by atoms with Gasteiger partial charge in [0.2, 0.25) is 0 Å². The molecule has 0 atom stereocenters. The lowest BCUT2D eigenvalue weighted by Gasteiger charge is -2.07. The van der Waals surface area contributed by atoms with Crippen molar-refractivity contribution in [2.75, 3.05) is 32.1 Å². The maximum Gasteiger partial charge on any atom is 0.313 e. The van der Waals surface area contributed by atoms with Gasteiger partial charge in [-0.2, -0.15) is 11.8 Å². The number of rotatable bonds is 6. The summed E-state index contributed by atoms with van der Waals surface area (Å²) >= 11 is 1.48. The van der Waals surface area contributed by atoms with Crippen molar-refractivity contribution >= 4 is 17.7 Å². The molecular weight excluding hydrogens is 162 g/mol. The Bertz CT molecular complexity index is 117. The van der Waals surface area contributed by atoms with Crippen LogP contribution < -0.4 is 0 Å². The van der Waals surface area contributed by atoms with Crippen LogP contribution in [0.2, 0.25) is 0 Å². The van der Waals surface area contributed by atoms with Gasteiger partial charge in [-0.05, 0) is 32.8 Å². The first-order chi connectivity index (χ1) is 5.13. The summed E-state index contributed by atoms with van der Waals surface area (Å²) in [7, 11) is 4.03. The molecule has 0 rings (SSSR count). The van der Waals surface area contributed by atoms with Gasteiger partial charge in [-0.1, -0.05) is 0 Å². The van der Waals surface area contributed by atoms with Crippen LogP contribution in [-0.4, -0.2) is 48.1 Å². The fraction of sp³-hybridized carbons (Fsp3) is 0.857. The van der Waals surface area contributed by atoms with Gasteiger partial charge in [0.25, 0.3) is 0 Å². The van der Waals surface area contributed by atoms with E-state index in [1.807, 2.05) is 14.1 Å². The van der Waals surface area contributed by atoms with Gasteiger partial charge in [0.15, 0.2) is 0 Å². The molecule has 0 aromatic rings. The monoisotopic (exact) mass is 177 g/mol. The molecule has 0 bridgehead atoms. The Labute approximate surface area is 71.8 Å². The number of carbonyl (C=O) groups is 1. The standard InChI is InChI=1S/C7H15NO2S/c1-8(2)4-3-5-11-6-7(9)10/h3-6H2,1-2H3,(H,9,10). The van der Waals surface area contributed by atoms with Gasteiger partial charge in [-0.3, -0.25) is 4.79 Å². The van der Waals surface area contributed by atoms with Crippen molar-refractivity contribution in [2.24, 2.45) is 0 Å². The Hall–Kier alpha value is -0.220. The second-order valence-electron chi connectivity index (χ2n) is 2.60. The van der Waals surface area contributed by atoms with Crippen LogP contribution in [0.5, 0.6) is 0 Å². The van der Waals surface area contributed by atoms with E-state index in [1.165, 1.54) is 11.8 Å². The summed E-state index contributed by atoms with van der Waals surface area (Å²) in [4.78, 5) is 12.2. The number of carboxylic acid groups (broad SMARTS) is 1. The first-order valence-corrected chi connectivity index (χ1v) is 4.72. The molecule has 3 nitrogen and oxygen atoms in total. The predicted octanol–water partition coefficient (Wildman–Crippen LogP) is 0.756. The highest BCUT2D eigenvalue weighted by molar-refractivity contribution is 7.99. The second-order valence-corrected chi connectivity index (χ2v) is 3.71. The van der Waals surface area contributed by atoms with Crippen molar-refractivity contribution in [3.63, 3.8) is 0 Å². The largest absolute Gasteiger partial charge is 0.481 e. The Morgan fingerprint density at radius 2 is 2.18 bits per heavy atom. The van der Waals surface area contributed by atoms with Crippen molar-refractivity contribution < 1.29 is 9.90 Å². The highest BCUT2D eigenvalue weighted by Gasteiger charge is 1.96. The summed E-state index contributed by atoms with van der Waals surface area (Å²) in [5.41, 5.74) is 0. The van der Waals surface area contributed by atoms with Crippen LogP contribution in [0.25, 0.3) is 0 Å². The van der Waals surface area contributed by atoms with Gasteiger partial charge in [0.1, 0.15) is 0 Å². The van der Waals surface area contributed by atoms with Crippen LogP contribution >= 0.6 is 11.8 Å². The first kappa shape index (κ1) is 10.8. The molecule has 4 heteroatoms. The fourth-order valence-corrected chi connectivity index (χ4v) is 1.29. The topological polar surface area (TPSA) is 40.5 Å². The summed E-state index contributed by atoms with van der Waals surface area (Å²) in [5, 5.41) is 8.29. The van der Waals surface area contributed by atoms with Crippen molar-refractivity contribution in [2.45, 2.75) is 6.42 Å². The van der Waals surface area contributed by atoms with Gasteiger partial charge in [0, 0.05) is 0 Å². The molecule has 11 heavy (non-hydrogen) atoms. The zero-order chi connectivity index (χ0) is 8.69. The van der Waals surface area contributed by atoms with Gasteiger partial charge in [0.05, 0.1) is 5.75 Å². The number of hydrogen-bond acceptors (Lipinski definition) is 3. The smallest absolute Gasteiger partial charge is 0.313 e. The van der Waals surface area contributed by atoms with Crippen molar-refractivity contribution in [1.29, 1.82) is 0 Å². The van der Waals surface area contributed by atoms with E-state index < -0.39 is 5.97 Å². The molecule has 1 N–H and O–H groups in total. The quantitative estimate of drug-likeness (QED) is 0.608. The molecule has 66 valence electrons. The normalized spacial score (nSPS) is 10.5. The molecule has 0 aliphatic rings. The first-order valence-electron chi connectivity index (χ1n) is 3.57. The predicted molar refractivity (Wildman–Crippen MR) is 48.1 cm³/mol. The van der Waals surface area contributed by atoms with Gasteiger partial charge >= 0.3 is 5.97 Å². The Morgan fingerprint density at radius 3 is 2.64 bits per heavy atom. The molecule has 0 heterocycles. The van der Waals surface area contributed by atoms with Crippen molar-refractivity contribution in [3.8, 4) is 0 Å². The molecular formula is C7H15NO2S. The van der Waals surface area contributed by atoms with E-state index in [-0.39, 0.29) is 5.75 Å². The fourth-order valence-electron chi connectivity index (χ4n) is 0.642. The number of hydrogen-bond donors (Lipinski definition) is 1. The van der Waals surface area contributed by atoms with Crippen LogP contribution in [0.1, 0.15) is 6.42 Å². The van der Waals surface area contributed by atoms with E-state index in [0.717, 1.165) is 18.7 Å². The summed E-state index contributed by atoms with van der Waals surface area (Å²) in [6.07, 6.45) is 1.06. The molecule has 0 amide bonds. The number of thioether (sulfide) groups is 1. The molecule has 0 saturated carbocycles. The van der Waals surface area contributed by atoms with Crippen molar-refractivity contribution in [1.82, 2.24) is 4.90 Å². The Balaban J connectivity index is 2.97. The SMILES string of the molecule is CN(C)CCCSCC(=O)O. The van der Waals surface area contributed by atoms with Crippen LogP contribution in [0.4, 0.5) is 0 Å². The summed E-state index contributed by atoms with van der Waals surface area (Å²) in [6.45, 7) is 1.03. The highest BCUT2D eigenvalue weighted by Crippen LogP contribution is 2.01. The zero-order valence-electron chi connectivity index (χ0n) is 7.04. The number of aliphatic carboxylic acids is 1. The van der Waals surface area contributed by atoms with Crippen LogP contribution in [0.15, 0.2) is 0 Å². The number of nitrogens with zero attached hydrogens (tertiary/aromatic N) is 1. The molecule has 0 unspecified atom stereocenters. The molecule has 0 aliphatic carbocycles.